The van der Waals surface area contributed by atoms with E-state index in [2.05, 4.69) is 53.8 Å². The van der Waals surface area contributed by atoms with Gasteiger partial charge in [0.2, 0.25) is 0 Å². The Balaban J connectivity index is 1.79. The SMILES string of the molecule is Cc1ccccc1/C=C/c1nc2ccc(I)cc2c(=O)n1CCc1ccccc1. The highest BCUT2D eigenvalue weighted by Gasteiger charge is 2.10. The van der Waals surface area contributed by atoms with Gasteiger partial charge >= 0.3 is 0 Å². The first kappa shape index (κ1) is 19.6. The molecule has 1 heterocycles. The van der Waals surface area contributed by atoms with Crippen molar-refractivity contribution in [2.45, 2.75) is 19.9 Å². The van der Waals surface area contributed by atoms with Crippen LogP contribution in [-0.4, -0.2) is 9.55 Å². The van der Waals surface area contributed by atoms with Crippen molar-refractivity contribution in [1.82, 2.24) is 9.55 Å². The molecule has 0 fully saturated rings. The fourth-order valence-corrected chi connectivity index (χ4v) is 3.87. The van der Waals surface area contributed by atoms with Crippen LogP contribution >= 0.6 is 22.6 Å². The minimum absolute atomic E-state index is 0.00822. The first-order valence-electron chi connectivity index (χ1n) is 9.59. The van der Waals surface area contributed by atoms with Gasteiger partial charge < -0.3 is 0 Å². The second-order valence-electron chi connectivity index (χ2n) is 7.01. The van der Waals surface area contributed by atoms with Crippen molar-refractivity contribution in [1.29, 1.82) is 0 Å². The molecule has 0 saturated heterocycles. The number of rotatable bonds is 5. The Morgan fingerprint density at radius 3 is 2.52 bits per heavy atom. The molecule has 3 aromatic carbocycles. The van der Waals surface area contributed by atoms with E-state index in [1.54, 1.807) is 4.57 Å². The van der Waals surface area contributed by atoms with Crippen LogP contribution in [0.25, 0.3) is 23.1 Å². The molecule has 4 rings (SSSR count). The average molecular weight is 492 g/mol. The fraction of sp³-hybridized carbons (Fsp3) is 0.120. The molecule has 0 aliphatic rings. The maximum Gasteiger partial charge on any atom is 0.261 e. The minimum Gasteiger partial charge on any atom is -0.292 e. The van der Waals surface area contributed by atoms with Gasteiger partial charge in [0.15, 0.2) is 0 Å². The van der Waals surface area contributed by atoms with Gasteiger partial charge in [0.25, 0.3) is 5.56 Å². The average Bonchev–Trinajstić information content (AvgIpc) is 2.74. The topological polar surface area (TPSA) is 34.9 Å². The number of hydrogen-bond acceptors (Lipinski definition) is 2. The number of aryl methyl sites for hydroxylation is 2. The molecule has 3 nitrogen and oxygen atoms in total. The summed E-state index contributed by atoms with van der Waals surface area (Å²) in [6, 6.07) is 24.3. The molecule has 0 unspecified atom stereocenters. The standard InChI is InChI=1S/C25H21IN2O/c1-18-7-5-6-10-20(18)11-14-24-27-23-13-12-21(26)17-22(23)25(29)28(24)16-15-19-8-3-2-4-9-19/h2-14,17H,15-16H2,1H3/b14-11+. The van der Waals surface area contributed by atoms with Gasteiger partial charge in [0.1, 0.15) is 5.82 Å². The van der Waals surface area contributed by atoms with Crippen LogP contribution in [0.4, 0.5) is 0 Å². The Hall–Kier alpha value is -2.73. The first-order valence-corrected chi connectivity index (χ1v) is 10.7. The number of nitrogens with zero attached hydrogens (tertiary/aromatic N) is 2. The van der Waals surface area contributed by atoms with Gasteiger partial charge in [-0.3, -0.25) is 9.36 Å². The van der Waals surface area contributed by atoms with E-state index in [9.17, 15) is 4.79 Å². The molecular weight excluding hydrogens is 471 g/mol. The molecule has 0 spiro atoms. The summed E-state index contributed by atoms with van der Waals surface area (Å²) in [6.07, 6.45) is 4.77. The van der Waals surface area contributed by atoms with Gasteiger partial charge in [-0.05, 0) is 76.9 Å². The second kappa shape index (κ2) is 8.74. The normalized spacial score (nSPS) is 11.4. The number of benzene rings is 3. The van der Waals surface area contributed by atoms with Crippen molar-refractivity contribution in [3.05, 3.63) is 109 Å². The van der Waals surface area contributed by atoms with Crippen LogP contribution in [-0.2, 0) is 13.0 Å². The Morgan fingerprint density at radius 2 is 1.72 bits per heavy atom. The Morgan fingerprint density at radius 1 is 0.966 bits per heavy atom. The van der Waals surface area contributed by atoms with E-state index in [0.717, 1.165) is 21.1 Å². The molecule has 0 atom stereocenters. The number of halogens is 1. The smallest absolute Gasteiger partial charge is 0.261 e. The van der Waals surface area contributed by atoms with Gasteiger partial charge in [-0.25, -0.2) is 4.98 Å². The van der Waals surface area contributed by atoms with Crippen molar-refractivity contribution in [2.75, 3.05) is 0 Å². The van der Waals surface area contributed by atoms with Crippen LogP contribution in [0.1, 0.15) is 22.5 Å². The summed E-state index contributed by atoms with van der Waals surface area (Å²) in [6.45, 7) is 2.67. The summed E-state index contributed by atoms with van der Waals surface area (Å²) in [5, 5.41) is 0.665. The van der Waals surface area contributed by atoms with Crippen molar-refractivity contribution < 1.29 is 0 Å². The zero-order valence-corrected chi connectivity index (χ0v) is 18.3. The lowest BCUT2D eigenvalue weighted by Gasteiger charge is -2.12. The van der Waals surface area contributed by atoms with Gasteiger partial charge in [0.05, 0.1) is 10.9 Å². The second-order valence-corrected chi connectivity index (χ2v) is 8.26. The summed E-state index contributed by atoms with van der Waals surface area (Å²) in [7, 11) is 0. The van der Waals surface area contributed by atoms with Crippen LogP contribution in [0.2, 0.25) is 0 Å². The number of hydrogen-bond donors (Lipinski definition) is 0. The summed E-state index contributed by atoms with van der Waals surface area (Å²) >= 11 is 2.23. The maximum atomic E-state index is 13.3. The highest BCUT2D eigenvalue weighted by atomic mass is 127. The van der Waals surface area contributed by atoms with Crippen molar-refractivity contribution in [3.63, 3.8) is 0 Å². The summed E-state index contributed by atoms with van der Waals surface area (Å²) in [5.41, 5.74) is 4.26. The molecule has 1 aromatic heterocycles. The van der Waals surface area contributed by atoms with E-state index in [4.69, 9.17) is 4.98 Å². The molecule has 29 heavy (non-hydrogen) atoms. The summed E-state index contributed by atoms with van der Waals surface area (Å²) in [4.78, 5) is 18.1. The molecule has 0 saturated carbocycles. The Bertz CT molecular complexity index is 1240. The molecule has 0 N–H and O–H groups in total. The molecule has 4 heteroatoms. The molecule has 144 valence electrons. The van der Waals surface area contributed by atoms with Crippen molar-refractivity contribution >= 4 is 45.6 Å². The van der Waals surface area contributed by atoms with Crippen molar-refractivity contribution in [3.8, 4) is 0 Å². The highest BCUT2D eigenvalue weighted by molar-refractivity contribution is 14.1. The van der Waals surface area contributed by atoms with E-state index < -0.39 is 0 Å². The highest BCUT2D eigenvalue weighted by Crippen LogP contribution is 2.16. The fourth-order valence-electron chi connectivity index (χ4n) is 3.38. The molecule has 0 aliphatic heterocycles. The third-order valence-corrected chi connectivity index (χ3v) is 5.68. The summed E-state index contributed by atoms with van der Waals surface area (Å²) < 4.78 is 2.83. The van der Waals surface area contributed by atoms with E-state index in [-0.39, 0.29) is 5.56 Å². The zero-order chi connectivity index (χ0) is 20.2. The van der Waals surface area contributed by atoms with Crippen LogP contribution in [0.3, 0.4) is 0 Å². The van der Waals surface area contributed by atoms with E-state index in [1.165, 1.54) is 11.1 Å². The lowest BCUT2D eigenvalue weighted by atomic mass is 10.1. The largest absolute Gasteiger partial charge is 0.292 e. The van der Waals surface area contributed by atoms with E-state index in [0.29, 0.717) is 17.8 Å². The lowest BCUT2D eigenvalue weighted by molar-refractivity contribution is 0.655. The number of aromatic nitrogens is 2. The van der Waals surface area contributed by atoms with Gasteiger partial charge in [-0.15, -0.1) is 0 Å². The minimum atomic E-state index is 0.00822. The molecule has 0 aliphatic carbocycles. The Labute approximate surface area is 183 Å². The predicted molar refractivity (Wildman–Crippen MR) is 129 cm³/mol. The lowest BCUT2D eigenvalue weighted by Crippen LogP contribution is -2.25. The monoisotopic (exact) mass is 492 g/mol. The number of fused-ring (bicyclic) bond motifs is 1. The van der Waals surface area contributed by atoms with Crippen molar-refractivity contribution in [2.24, 2.45) is 0 Å². The predicted octanol–water partition coefficient (Wildman–Crippen LogP) is 5.72. The van der Waals surface area contributed by atoms with Gasteiger partial charge in [-0.1, -0.05) is 60.7 Å². The van der Waals surface area contributed by atoms with E-state index in [1.807, 2.05) is 60.7 Å². The quantitative estimate of drug-likeness (QED) is 0.334. The summed E-state index contributed by atoms with van der Waals surface area (Å²) in [5.74, 6) is 0.683. The van der Waals surface area contributed by atoms with Crippen LogP contribution in [0.5, 0.6) is 0 Å². The van der Waals surface area contributed by atoms with Gasteiger partial charge in [0, 0.05) is 10.1 Å². The van der Waals surface area contributed by atoms with Crippen LogP contribution in [0.15, 0.2) is 77.6 Å². The Kier molecular flexibility index (Phi) is 5.90. The molecule has 0 amide bonds. The van der Waals surface area contributed by atoms with Gasteiger partial charge in [-0.2, -0.15) is 0 Å². The third-order valence-electron chi connectivity index (χ3n) is 5.01. The van der Waals surface area contributed by atoms with E-state index >= 15 is 0 Å². The zero-order valence-electron chi connectivity index (χ0n) is 16.2. The van der Waals surface area contributed by atoms with Crippen LogP contribution < -0.4 is 5.56 Å². The molecule has 4 aromatic rings. The third kappa shape index (κ3) is 4.48. The molecule has 0 radical (unpaired) electrons. The molecule has 0 bridgehead atoms. The van der Waals surface area contributed by atoms with Crippen LogP contribution in [0, 0.1) is 10.5 Å². The first-order chi connectivity index (χ1) is 14.1. The molecular formula is C25H21IN2O. The maximum absolute atomic E-state index is 13.3.